The summed E-state index contributed by atoms with van der Waals surface area (Å²) in [6.45, 7) is 4.72. The molecule has 0 amide bonds. The third-order valence-corrected chi connectivity index (χ3v) is 4.62. The quantitative estimate of drug-likeness (QED) is 0.725. The molecule has 0 bridgehead atoms. The Morgan fingerprint density at radius 3 is 2.68 bits per heavy atom. The van der Waals surface area contributed by atoms with Gasteiger partial charge in [-0.05, 0) is 47.1 Å². The summed E-state index contributed by atoms with van der Waals surface area (Å²) in [6, 6.07) is 5.34. The summed E-state index contributed by atoms with van der Waals surface area (Å²) in [5.74, 6) is 0.0751. The van der Waals surface area contributed by atoms with Gasteiger partial charge in [0.2, 0.25) is 10.0 Å². The zero-order chi connectivity index (χ0) is 14.5. The Kier molecular flexibility index (Phi) is 6.59. The fourth-order valence-electron chi connectivity index (χ4n) is 1.45. The molecule has 0 unspecified atom stereocenters. The van der Waals surface area contributed by atoms with Gasteiger partial charge in [-0.1, -0.05) is 25.4 Å². The summed E-state index contributed by atoms with van der Waals surface area (Å²) in [6.07, 6.45) is 0.561. The van der Waals surface area contributed by atoms with Crippen molar-refractivity contribution in [1.29, 1.82) is 0 Å². The second-order valence-corrected chi connectivity index (χ2v) is 7.64. The molecule has 0 saturated carbocycles. The van der Waals surface area contributed by atoms with Crippen LogP contribution in [-0.4, -0.2) is 26.8 Å². The van der Waals surface area contributed by atoms with Gasteiger partial charge in [0.05, 0.1) is 11.4 Å². The average Bonchev–Trinajstić information content (AvgIpc) is 2.29. The largest absolute Gasteiger partial charge is 0.314 e. The van der Waals surface area contributed by atoms with Crippen LogP contribution in [0.3, 0.4) is 0 Å². The number of benzene rings is 1. The van der Waals surface area contributed by atoms with Crippen molar-refractivity contribution >= 4 is 43.2 Å². The van der Waals surface area contributed by atoms with Gasteiger partial charge in [0.15, 0.2) is 0 Å². The lowest BCUT2D eigenvalue weighted by Gasteiger charge is -2.11. The maximum absolute atomic E-state index is 11.9. The smallest absolute Gasteiger partial charge is 0.232 e. The molecule has 0 heterocycles. The fraction of sp³-hybridized carbons (Fsp3) is 0.500. The first kappa shape index (κ1) is 16.8. The van der Waals surface area contributed by atoms with Crippen molar-refractivity contribution in [3.8, 4) is 0 Å². The molecule has 0 aliphatic carbocycles. The maximum atomic E-state index is 11.9. The highest BCUT2D eigenvalue weighted by Crippen LogP contribution is 2.26. The van der Waals surface area contributed by atoms with E-state index in [0.717, 1.165) is 0 Å². The van der Waals surface area contributed by atoms with Crippen molar-refractivity contribution in [1.82, 2.24) is 5.32 Å². The molecule has 0 aromatic heterocycles. The minimum atomic E-state index is -3.35. The van der Waals surface area contributed by atoms with Crippen LogP contribution >= 0.6 is 27.5 Å². The van der Waals surface area contributed by atoms with Crippen molar-refractivity contribution in [2.45, 2.75) is 26.3 Å². The van der Waals surface area contributed by atoms with Crippen LogP contribution in [0.2, 0.25) is 5.02 Å². The number of rotatable bonds is 7. The van der Waals surface area contributed by atoms with Crippen LogP contribution in [0, 0.1) is 0 Å². The zero-order valence-corrected chi connectivity index (χ0v) is 14.1. The molecule has 0 saturated heterocycles. The first-order chi connectivity index (χ1) is 8.80. The van der Waals surface area contributed by atoms with Gasteiger partial charge < -0.3 is 5.32 Å². The Bertz CT molecular complexity index is 520. The monoisotopic (exact) mass is 368 g/mol. The van der Waals surface area contributed by atoms with Gasteiger partial charge in [0.25, 0.3) is 0 Å². The Morgan fingerprint density at radius 1 is 1.37 bits per heavy atom. The number of anilines is 1. The molecule has 4 nitrogen and oxygen atoms in total. The molecule has 0 radical (unpaired) electrons. The van der Waals surface area contributed by atoms with Crippen molar-refractivity contribution in [3.05, 3.63) is 27.7 Å². The predicted octanol–water partition coefficient (Wildman–Crippen LogP) is 3.23. The third kappa shape index (κ3) is 6.61. The van der Waals surface area contributed by atoms with E-state index in [1.807, 2.05) is 13.8 Å². The van der Waals surface area contributed by atoms with Crippen LogP contribution < -0.4 is 10.0 Å². The SMILES string of the molecule is CC(C)NCCCS(=O)(=O)Nc1cc(Cl)ccc1Br. The average molecular weight is 370 g/mol. The van der Waals surface area contributed by atoms with Gasteiger partial charge in [-0.25, -0.2) is 8.42 Å². The summed E-state index contributed by atoms with van der Waals surface area (Å²) in [7, 11) is -3.35. The summed E-state index contributed by atoms with van der Waals surface area (Å²) in [5.41, 5.74) is 0.462. The fourth-order valence-corrected chi connectivity index (χ4v) is 3.23. The van der Waals surface area contributed by atoms with Crippen LogP contribution in [0.1, 0.15) is 20.3 Å². The minimum absolute atomic E-state index is 0.0751. The molecule has 0 spiro atoms. The predicted molar refractivity (Wildman–Crippen MR) is 84.3 cm³/mol. The number of sulfonamides is 1. The normalized spacial score (nSPS) is 11.8. The van der Waals surface area contributed by atoms with Gasteiger partial charge in [0, 0.05) is 15.5 Å². The van der Waals surface area contributed by atoms with Crippen LogP contribution in [0.4, 0.5) is 5.69 Å². The van der Waals surface area contributed by atoms with Crippen LogP contribution in [0.5, 0.6) is 0 Å². The van der Waals surface area contributed by atoms with Gasteiger partial charge >= 0.3 is 0 Å². The van der Waals surface area contributed by atoms with Gasteiger partial charge in [-0.15, -0.1) is 0 Å². The molecular weight excluding hydrogens is 352 g/mol. The molecule has 0 aliphatic heterocycles. The van der Waals surface area contributed by atoms with E-state index in [9.17, 15) is 8.42 Å². The molecule has 2 N–H and O–H groups in total. The Labute approximate surface area is 128 Å². The standard InChI is InChI=1S/C12H18BrClN2O2S/c1-9(2)15-6-3-7-19(17,18)16-12-8-10(14)4-5-11(12)13/h4-5,8-9,15-16H,3,6-7H2,1-2H3. The first-order valence-corrected chi connectivity index (χ1v) is 8.81. The molecule has 7 heteroatoms. The summed E-state index contributed by atoms with van der Waals surface area (Å²) >= 11 is 9.13. The number of halogens is 2. The van der Waals surface area contributed by atoms with E-state index in [2.05, 4.69) is 26.0 Å². The lowest BCUT2D eigenvalue weighted by molar-refractivity contribution is 0.571. The Morgan fingerprint density at radius 2 is 2.05 bits per heavy atom. The highest BCUT2D eigenvalue weighted by Gasteiger charge is 2.12. The van der Waals surface area contributed by atoms with Crippen molar-refractivity contribution < 1.29 is 8.42 Å². The molecule has 19 heavy (non-hydrogen) atoms. The third-order valence-electron chi connectivity index (χ3n) is 2.34. The molecule has 108 valence electrons. The molecule has 0 atom stereocenters. The summed E-state index contributed by atoms with van der Waals surface area (Å²) in [5, 5.41) is 3.67. The van der Waals surface area contributed by atoms with Gasteiger partial charge in [-0.3, -0.25) is 4.72 Å². The Hall–Kier alpha value is -0.300. The number of nitrogens with one attached hydrogen (secondary N) is 2. The van der Waals surface area contributed by atoms with Gasteiger partial charge in [-0.2, -0.15) is 0 Å². The minimum Gasteiger partial charge on any atom is -0.314 e. The van der Waals surface area contributed by atoms with Crippen molar-refractivity contribution in [2.75, 3.05) is 17.0 Å². The van der Waals surface area contributed by atoms with E-state index in [1.165, 1.54) is 0 Å². The highest BCUT2D eigenvalue weighted by atomic mass is 79.9. The lowest BCUT2D eigenvalue weighted by atomic mass is 10.3. The van der Waals surface area contributed by atoms with E-state index in [0.29, 0.717) is 34.2 Å². The summed E-state index contributed by atoms with van der Waals surface area (Å²) in [4.78, 5) is 0. The summed E-state index contributed by atoms with van der Waals surface area (Å²) < 4.78 is 27.0. The number of hydrogen-bond acceptors (Lipinski definition) is 3. The second-order valence-electron chi connectivity index (χ2n) is 4.51. The topological polar surface area (TPSA) is 58.2 Å². The number of hydrogen-bond donors (Lipinski definition) is 2. The van der Waals surface area contributed by atoms with Crippen LogP contribution in [0.15, 0.2) is 22.7 Å². The molecule has 1 rings (SSSR count). The van der Waals surface area contributed by atoms with Crippen molar-refractivity contribution in [2.24, 2.45) is 0 Å². The molecular formula is C12H18BrClN2O2S. The molecule has 1 aromatic carbocycles. The second kappa shape index (κ2) is 7.47. The van der Waals surface area contributed by atoms with Crippen LogP contribution in [-0.2, 0) is 10.0 Å². The molecule has 1 aromatic rings. The lowest BCUT2D eigenvalue weighted by Crippen LogP contribution is -2.26. The zero-order valence-electron chi connectivity index (χ0n) is 10.9. The van der Waals surface area contributed by atoms with Crippen molar-refractivity contribution in [3.63, 3.8) is 0 Å². The first-order valence-electron chi connectivity index (χ1n) is 5.99. The van der Waals surface area contributed by atoms with Gasteiger partial charge in [0.1, 0.15) is 0 Å². The van der Waals surface area contributed by atoms with E-state index < -0.39 is 10.0 Å². The maximum Gasteiger partial charge on any atom is 0.232 e. The Balaban J connectivity index is 2.57. The van der Waals surface area contributed by atoms with E-state index in [4.69, 9.17) is 11.6 Å². The van der Waals surface area contributed by atoms with E-state index >= 15 is 0 Å². The molecule has 0 fully saturated rings. The van der Waals surface area contributed by atoms with E-state index in [-0.39, 0.29) is 5.75 Å². The highest BCUT2D eigenvalue weighted by molar-refractivity contribution is 9.10. The molecule has 0 aliphatic rings. The van der Waals surface area contributed by atoms with Crippen LogP contribution in [0.25, 0.3) is 0 Å². The van der Waals surface area contributed by atoms with E-state index in [1.54, 1.807) is 18.2 Å².